The van der Waals surface area contributed by atoms with Crippen LogP contribution in [0.1, 0.15) is 13.8 Å². The van der Waals surface area contributed by atoms with Crippen LogP contribution in [0.2, 0.25) is 0 Å². The van der Waals surface area contributed by atoms with Crippen molar-refractivity contribution < 1.29 is 0 Å². The molecule has 0 unspecified atom stereocenters. The Kier molecular flexibility index (Phi) is 10.4. The average molecular weight is 170 g/mol. The number of hydrogen-bond donors (Lipinski definition) is 2. The summed E-state index contributed by atoms with van der Waals surface area (Å²) in [5.41, 5.74) is 5.76. The first-order valence-electron chi connectivity index (χ1n) is 3.35. The third-order valence-electron chi connectivity index (χ3n) is 0.815. The van der Waals surface area contributed by atoms with E-state index in [9.17, 15) is 0 Å². The summed E-state index contributed by atoms with van der Waals surface area (Å²) in [5, 5.41) is 6.74. The maximum Gasteiger partial charge on any atom is 0.0639 e. The van der Waals surface area contributed by atoms with Crippen molar-refractivity contribution in [3.05, 3.63) is 24.4 Å². The topological polar surface area (TPSA) is 49.9 Å². The highest BCUT2D eigenvalue weighted by Crippen LogP contribution is 1.94. The van der Waals surface area contributed by atoms with E-state index >= 15 is 0 Å². The Labute approximate surface area is 73.3 Å². The zero-order chi connectivity index (χ0) is 9.28. The maximum atomic E-state index is 6.74. The molecule has 3 heteroatoms. The third kappa shape index (κ3) is 5.48. The summed E-state index contributed by atoms with van der Waals surface area (Å²) in [7, 11) is 0. The van der Waals surface area contributed by atoms with Crippen LogP contribution in [0.3, 0.4) is 0 Å². The number of nitrogens with two attached hydrogens (primary N) is 1. The average Bonchev–Trinajstić information content (AvgIpc) is 2.10. The van der Waals surface area contributed by atoms with Gasteiger partial charge in [-0.3, -0.25) is 0 Å². The highest BCUT2D eigenvalue weighted by Gasteiger charge is 1.92. The van der Waals surface area contributed by atoms with Crippen molar-refractivity contribution in [2.75, 3.05) is 0 Å². The molecule has 0 fully saturated rings. The number of allylic oxidation sites excluding steroid dienone is 2. The van der Waals surface area contributed by atoms with Crippen LogP contribution in [0, 0.1) is 5.41 Å². The maximum absolute atomic E-state index is 6.74. The molecule has 0 aromatic heterocycles. The van der Waals surface area contributed by atoms with Crippen molar-refractivity contribution in [1.29, 1.82) is 5.41 Å². The van der Waals surface area contributed by atoms with E-state index in [0.717, 1.165) is 6.21 Å². The van der Waals surface area contributed by atoms with Crippen LogP contribution in [0.15, 0.2) is 24.4 Å². The van der Waals surface area contributed by atoms with E-state index in [1.807, 2.05) is 13.8 Å². The molecule has 0 bridgehead atoms. The smallest absolute Gasteiger partial charge is 0.0639 e. The highest BCUT2D eigenvalue weighted by atomic mass is 32.1. The highest BCUT2D eigenvalue weighted by molar-refractivity contribution is 7.82. The van der Waals surface area contributed by atoms with Gasteiger partial charge in [0.05, 0.1) is 4.86 Å². The second-order valence-electron chi connectivity index (χ2n) is 1.33. The van der Waals surface area contributed by atoms with Gasteiger partial charge in [-0.15, -0.1) is 0 Å². The van der Waals surface area contributed by atoms with Gasteiger partial charge in [0.2, 0.25) is 0 Å². The summed E-state index contributed by atoms with van der Waals surface area (Å²) in [6.45, 7) is 7.46. The molecule has 62 valence electrons. The van der Waals surface area contributed by atoms with Gasteiger partial charge in [0, 0.05) is 18.0 Å². The van der Waals surface area contributed by atoms with Gasteiger partial charge >= 0.3 is 0 Å². The summed E-state index contributed by atoms with van der Waals surface area (Å²) in [6, 6.07) is 0. The molecule has 0 radical (unpaired) electrons. The first-order valence-corrected chi connectivity index (χ1v) is 3.76. The molecule has 0 amide bonds. The van der Waals surface area contributed by atoms with Crippen LogP contribution < -0.4 is 5.73 Å². The van der Waals surface area contributed by atoms with Gasteiger partial charge in [0.15, 0.2) is 0 Å². The van der Waals surface area contributed by atoms with Gasteiger partial charge in [0.25, 0.3) is 0 Å². The van der Waals surface area contributed by atoms with E-state index in [4.69, 9.17) is 23.4 Å². The van der Waals surface area contributed by atoms with Crippen molar-refractivity contribution >= 4 is 23.3 Å². The molecule has 0 rings (SSSR count). The van der Waals surface area contributed by atoms with Crippen LogP contribution in [-0.4, -0.2) is 11.1 Å². The monoisotopic (exact) mass is 170 g/mol. The molecule has 0 aromatic carbocycles. The number of hydrogen-bond acceptors (Lipinski definition) is 3. The van der Waals surface area contributed by atoms with E-state index in [1.54, 1.807) is 0 Å². The molecule has 0 aliphatic rings. The SMILES string of the molecule is C=C/C(=C/N)C(=S)C=N.CC. The van der Waals surface area contributed by atoms with Crippen LogP contribution in [0.25, 0.3) is 0 Å². The molecule has 11 heavy (non-hydrogen) atoms. The van der Waals surface area contributed by atoms with E-state index < -0.39 is 0 Å². The molecule has 0 atom stereocenters. The molecule has 3 N–H and O–H groups in total. The van der Waals surface area contributed by atoms with Gasteiger partial charge in [-0.1, -0.05) is 38.7 Å². The lowest BCUT2D eigenvalue weighted by Gasteiger charge is -1.92. The molecule has 0 aromatic rings. The van der Waals surface area contributed by atoms with Crippen LogP contribution >= 0.6 is 12.2 Å². The molecule has 0 heterocycles. The number of thiocarbonyl (C=S) groups is 1. The minimum absolute atomic E-state index is 0.410. The Balaban J connectivity index is 0. The van der Waals surface area contributed by atoms with Crippen molar-refractivity contribution in [2.24, 2.45) is 5.73 Å². The Morgan fingerprint density at radius 2 is 2.00 bits per heavy atom. The van der Waals surface area contributed by atoms with Crippen molar-refractivity contribution in [1.82, 2.24) is 0 Å². The lowest BCUT2D eigenvalue weighted by Crippen LogP contribution is -1.99. The summed E-state index contributed by atoms with van der Waals surface area (Å²) >= 11 is 4.71. The van der Waals surface area contributed by atoms with Crippen molar-refractivity contribution in [3.8, 4) is 0 Å². The summed E-state index contributed by atoms with van der Waals surface area (Å²) in [5.74, 6) is 0. The molecular formula is C8H14N2S. The fourth-order valence-corrected chi connectivity index (χ4v) is 0.485. The van der Waals surface area contributed by atoms with Gasteiger partial charge < -0.3 is 11.1 Å². The van der Waals surface area contributed by atoms with Crippen LogP contribution in [0.4, 0.5) is 0 Å². The van der Waals surface area contributed by atoms with Gasteiger partial charge in [-0.05, 0) is 0 Å². The largest absolute Gasteiger partial charge is 0.404 e. The quantitative estimate of drug-likeness (QED) is 0.295. The fraction of sp³-hybridized carbons (Fsp3) is 0.250. The fourth-order valence-electron chi connectivity index (χ4n) is 0.334. The Morgan fingerprint density at radius 1 is 1.55 bits per heavy atom. The van der Waals surface area contributed by atoms with Crippen LogP contribution in [-0.2, 0) is 0 Å². The minimum atomic E-state index is 0.410. The van der Waals surface area contributed by atoms with Gasteiger partial charge in [0.1, 0.15) is 0 Å². The van der Waals surface area contributed by atoms with E-state index in [1.165, 1.54) is 12.3 Å². The third-order valence-corrected chi connectivity index (χ3v) is 1.17. The molecule has 0 spiro atoms. The standard InChI is InChI=1S/C6H8N2S.C2H6/c1-2-5(3-7)6(9)4-8;1-2/h2-4,8H,1,7H2;1-2H3/b5-3-,8-4?;. The van der Waals surface area contributed by atoms with Gasteiger partial charge in [-0.25, -0.2) is 0 Å². The first-order chi connectivity index (χ1) is 5.26. The zero-order valence-electron chi connectivity index (χ0n) is 6.92. The molecular weight excluding hydrogens is 156 g/mol. The molecule has 2 nitrogen and oxygen atoms in total. The molecule has 0 aliphatic carbocycles. The number of rotatable bonds is 3. The number of nitrogens with one attached hydrogen (secondary N) is 1. The zero-order valence-corrected chi connectivity index (χ0v) is 7.74. The lowest BCUT2D eigenvalue weighted by molar-refractivity contribution is 1.50. The van der Waals surface area contributed by atoms with Crippen LogP contribution in [0.5, 0.6) is 0 Å². The summed E-state index contributed by atoms with van der Waals surface area (Å²) < 4.78 is 0. The van der Waals surface area contributed by atoms with Crippen molar-refractivity contribution in [3.63, 3.8) is 0 Å². The molecule has 0 saturated carbocycles. The Bertz CT molecular complexity index is 171. The normalized spacial score (nSPS) is 9.09. The predicted molar refractivity (Wildman–Crippen MR) is 55.2 cm³/mol. The lowest BCUT2D eigenvalue weighted by atomic mass is 10.2. The second kappa shape index (κ2) is 9.04. The van der Waals surface area contributed by atoms with Gasteiger partial charge in [-0.2, -0.15) is 0 Å². The summed E-state index contributed by atoms with van der Waals surface area (Å²) in [4.78, 5) is 0.410. The van der Waals surface area contributed by atoms with E-state index in [2.05, 4.69) is 6.58 Å². The second-order valence-corrected chi connectivity index (χ2v) is 1.77. The minimum Gasteiger partial charge on any atom is -0.404 e. The van der Waals surface area contributed by atoms with E-state index in [0.29, 0.717) is 10.4 Å². The molecule has 0 saturated heterocycles. The first kappa shape index (κ1) is 12.7. The Hall–Kier alpha value is -0.960. The Morgan fingerprint density at radius 3 is 2.09 bits per heavy atom. The molecule has 0 aliphatic heterocycles. The van der Waals surface area contributed by atoms with Crippen molar-refractivity contribution in [2.45, 2.75) is 13.8 Å². The summed E-state index contributed by atoms with van der Waals surface area (Å²) in [6.07, 6.45) is 3.92. The van der Waals surface area contributed by atoms with E-state index in [-0.39, 0.29) is 0 Å². The predicted octanol–water partition coefficient (Wildman–Crippen LogP) is 2.06.